The highest BCUT2D eigenvalue weighted by atomic mass is 16.5. The normalized spacial score (nSPS) is 13.3. The summed E-state index contributed by atoms with van der Waals surface area (Å²) in [4.78, 5) is 2.47. The molecule has 2 aliphatic heterocycles. The standard InChI is InChI=1S/C68H53BN4O/c1-67(2,3)42-32-35-46(36-33-42)70-56-38-37-47(41-51(56)69-52-40-43(68(4,5)6)34-39-58(52)74-59-31-19-30-57(70)63(59)69)73-55-29-18-15-26-50(55)62-65-60(48-24-13-16-27-53(48)71(65)44-20-9-7-10-21-44)64-61(66(62)73)49-25-14-17-28-54(49)72(64)45-22-11-8-12-23-45/h7-41H,1-6H3. The fourth-order valence-corrected chi connectivity index (χ4v) is 12.8. The average Bonchev–Trinajstić information content (AvgIpc) is 4.10. The first kappa shape index (κ1) is 42.9. The SMILES string of the molecule is CC(C)(C)c1ccc(N2c3ccc(-n4c5ccccc5c5c6c(c7ccccc7n6-c6ccccc6)c6c(c7ccccc7n6-c6ccccc6)c54)cc3B3c4cc(C(C)(C)C)ccc4Oc4cccc2c43)cc1. The second-order valence-electron chi connectivity index (χ2n) is 22.5. The second-order valence-corrected chi connectivity index (χ2v) is 22.5. The first-order valence-electron chi connectivity index (χ1n) is 26.1. The number of hydrogen-bond donors (Lipinski definition) is 0. The number of rotatable bonds is 4. The van der Waals surface area contributed by atoms with Crippen LogP contribution in [0, 0.1) is 0 Å². The van der Waals surface area contributed by atoms with Gasteiger partial charge in [-0.25, -0.2) is 0 Å². The second kappa shape index (κ2) is 15.4. The van der Waals surface area contributed by atoms with Crippen LogP contribution in [0.5, 0.6) is 11.5 Å². The molecule has 0 bridgehead atoms. The zero-order valence-electron chi connectivity index (χ0n) is 42.5. The van der Waals surface area contributed by atoms with Crippen LogP contribution in [-0.4, -0.2) is 20.4 Å². The van der Waals surface area contributed by atoms with Crippen LogP contribution in [0.2, 0.25) is 0 Å². The van der Waals surface area contributed by atoms with E-state index in [1.54, 1.807) is 0 Å². The number of anilines is 3. The minimum atomic E-state index is -0.0901. The fourth-order valence-electron chi connectivity index (χ4n) is 12.8. The van der Waals surface area contributed by atoms with Crippen LogP contribution in [0.1, 0.15) is 52.7 Å². The van der Waals surface area contributed by atoms with Gasteiger partial charge in [-0.15, -0.1) is 0 Å². The van der Waals surface area contributed by atoms with E-state index in [-0.39, 0.29) is 17.5 Å². The van der Waals surface area contributed by atoms with Gasteiger partial charge in [0, 0.05) is 66.4 Å². The van der Waals surface area contributed by atoms with Gasteiger partial charge in [0.25, 0.3) is 6.71 Å². The molecule has 15 rings (SSSR count). The van der Waals surface area contributed by atoms with Gasteiger partial charge in [-0.05, 0) is 129 Å². The van der Waals surface area contributed by atoms with Crippen molar-refractivity contribution in [1.29, 1.82) is 0 Å². The van der Waals surface area contributed by atoms with Gasteiger partial charge in [0.1, 0.15) is 11.5 Å². The maximum absolute atomic E-state index is 6.98. The summed E-state index contributed by atoms with van der Waals surface area (Å²) in [5.41, 5.74) is 20.1. The Morgan fingerprint density at radius 1 is 0.351 bits per heavy atom. The summed E-state index contributed by atoms with van der Waals surface area (Å²) in [5.74, 6) is 1.81. The molecule has 0 N–H and O–H groups in total. The molecule has 0 saturated heterocycles. The van der Waals surface area contributed by atoms with Crippen LogP contribution in [0.15, 0.2) is 212 Å². The van der Waals surface area contributed by atoms with Gasteiger partial charge >= 0.3 is 0 Å². The minimum Gasteiger partial charge on any atom is -0.458 e. The average molecular weight is 953 g/mol. The van der Waals surface area contributed by atoms with Crippen LogP contribution in [0.4, 0.5) is 17.1 Å². The molecule has 354 valence electrons. The first-order chi connectivity index (χ1) is 36.0. The first-order valence-corrected chi connectivity index (χ1v) is 26.1. The molecule has 2 aliphatic rings. The molecule has 0 amide bonds. The van der Waals surface area contributed by atoms with E-state index in [0.717, 1.165) is 45.5 Å². The number of benzene rings is 10. The van der Waals surface area contributed by atoms with Crippen LogP contribution in [0.25, 0.3) is 82.5 Å². The van der Waals surface area contributed by atoms with Gasteiger partial charge in [0.2, 0.25) is 0 Å². The zero-order valence-corrected chi connectivity index (χ0v) is 42.5. The third-order valence-electron chi connectivity index (χ3n) is 16.2. The van der Waals surface area contributed by atoms with E-state index in [9.17, 15) is 0 Å². The minimum absolute atomic E-state index is 0.0225. The maximum atomic E-state index is 6.98. The van der Waals surface area contributed by atoms with Gasteiger partial charge in [0.05, 0.1) is 33.1 Å². The van der Waals surface area contributed by atoms with E-state index in [0.29, 0.717) is 0 Å². The van der Waals surface area contributed by atoms with E-state index >= 15 is 0 Å². The van der Waals surface area contributed by atoms with Crippen LogP contribution in [0.3, 0.4) is 0 Å². The Morgan fingerprint density at radius 3 is 1.35 bits per heavy atom. The lowest BCUT2D eigenvalue weighted by Gasteiger charge is -2.40. The number of fused-ring (bicyclic) bond motifs is 16. The van der Waals surface area contributed by atoms with Gasteiger partial charge in [-0.2, -0.15) is 0 Å². The molecular weight excluding hydrogens is 900 g/mol. The quantitative estimate of drug-likeness (QED) is 0.164. The summed E-state index contributed by atoms with van der Waals surface area (Å²) in [5, 5.41) is 7.36. The molecule has 0 saturated carbocycles. The third kappa shape index (κ3) is 6.00. The number of nitrogens with zero attached hydrogens (tertiary/aromatic N) is 4. The number of ether oxygens (including phenoxy) is 1. The van der Waals surface area contributed by atoms with Gasteiger partial charge in [-0.1, -0.05) is 163 Å². The molecule has 5 heterocycles. The summed E-state index contributed by atoms with van der Waals surface area (Å²) >= 11 is 0. The smallest absolute Gasteiger partial charge is 0.256 e. The number of hydrogen-bond acceptors (Lipinski definition) is 2. The summed E-state index contributed by atoms with van der Waals surface area (Å²) in [6.07, 6.45) is 0. The van der Waals surface area contributed by atoms with E-state index in [2.05, 4.69) is 272 Å². The largest absolute Gasteiger partial charge is 0.458 e. The zero-order chi connectivity index (χ0) is 49.8. The molecule has 0 spiro atoms. The molecule has 5 nitrogen and oxygen atoms in total. The van der Waals surface area contributed by atoms with E-state index < -0.39 is 0 Å². The van der Waals surface area contributed by atoms with Gasteiger partial charge < -0.3 is 23.3 Å². The predicted molar refractivity (Wildman–Crippen MR) is 313 cm³/mol. The van der Waals surface area contributed by atoms with Crippen molar-refractivity contribution < 1.29 is 4.74 Å². The highest BCUT2D eigenvalue weighted by Crippen LogP contribution is 2.51. The molecule has 0 radical (unpaired) electrons. The molecule has 0 fully saturated rings. The summed E-state index contributed by atoms with van der Waals surface area (Å²) < 4.78 is 14.6. The van der Waals surface area contributed by atoms with Crippen molar-refractivity contribution in [2.75, 3.05) is 4.90 Å². The molecule has 74 heavy (non-hydrogen) atoms. The topological polar surface area (TPSA) is 27.3 Å². The molecule has 10 aromatic carbocycles. The van der Waals surface area contributed by atoms with Crippen molar-refractivity contribution in [2.45, 2.75) is 52.4 Å². The third-order valence-corrected chi connectivity index (χ3v) is 16.2. The highest BCUT2D eigenvalue weighted by molar-refractivity contribution is 6.99. The Hall–Kier alpha value is -8.74. The molecular formula is C68H53BN4O. The lowest BCUT2D eigenvalue weighted by Crippen LogP contribution is -2.59. The van der Waals surface area contributed by atoms with E-state index in [1.807, 2.05) is 0 Å². The summed E-state index contributed by atoms with van der Waals surface area (Å²) in [6, 6.07) is 79.0. The Bertz CT molecular complexity index is 4400. The van der Waals surface area contributed by atoms with Crippen LogP contribution in [-0.2, 0) is 10.8 Å². The van der Waals surface area contributed by atoms with Crippen molar-refractivity contribution in [3.8, 4) is 28.6 Å². The molecule has 13 aromatic rings. The Balaban J connectivity index is 1.12. The number of para-hydroxylation sites is 5. The van der Waals surface area contributed by atoms with Gasteiger partial charge in [-0.3, -0.25) is 0 Å². The van der Waals surface area contributed by atoms with Crippen LogP contribution < -0.4 is 26.0 Å². The van der Waals surface area contributed by atoms with Gasteiger partial charge in [0.15, 0.2) is 0 Å². The number of aromatic nitrogens is 3. The molecule has 6 heteroatoms. The lowest BCUT2D eigenvalue weighted by molar-refractivity contribution is 0.486. The summed E-state index contributed by atoms with van der Waals surface area (Å²) in [7, 11) is 0. The predicted octanol–water partition coefficient (Wildman–Crippen LogP) is 16.0. The lowest BCUT2D eigenvalue weighted by atomic mass is 9.34. The Labute approximate surface area is 431 Å². The van der Waals surface area contributed by atoms with Crippen LogP contribution >= 0.6 is 0 Å². The summed E-state index contributed by atoms with van der Waals surface area (Å²) in [6.45, 7) is 13.7. The van der Waals surface area contributed by atoms with E-state index in [4.69, 9.17) is 4.74 Å². The maximum Gasteiger partial charge on any atom is 0.256 e. The highest BCUT2D eigenvalue weighted by Gasteiger charge is 2.43. The van der Waals surface area contributed by atoms with E-state index in [1.165, 1.54) is 93.1 Å². The molecule has 0 aliphatic carbocycles. The molecule has 0 unspecified atom stereocenters. The molecule has 0 atom stereocenters. The van der Waals surface area contributed by atoms with Crippen molar-refractivity contribution in [3.05, 3.63) is 223 Å². The van der Waals surface area contributed by atoms with Crippen molar-refractivity contribution in [2.24, 2.45) is 0 Å². The van der Waals surface area contributed by atoms with Crippen molar-refractivity contribution in [1.82, 2.24) is 13.7 Å². The Kier molecular flexibility index (Phi) is 8.92. The van der Waals surface area contributed by atoms with Crippen molar-refractivity contribution in [3.63, 3.8) is 0 Å². The van der Waals surface area contributed by atoms with Crippen molar-refractivity contribution >= 4 is 106 Å². The molecule has 3 aromatic heterocycles. The monoisotopic (exact) mass is 952 g/mol. The fraction of sp³-hybridized carbons (Fsp3) is 0.118. The Morgan fingerprint density at radius 2 is 0.824 bits per heavy atom.